The minimum absolute atomic E-state index is 0.438. The van der Waals surface area contributed by atoms with Gasteiger partial charge in [-0.1, -0.05) is 18.2 Å². The fraction of sp³-hybridized carbons (Fsp3) is 0.167. The molecule has 0 aliphatic heterocycles. The maximum atomic E-state index is 5.77. The molecule has 0 aliphatic carbocycles. The molecule has 0 saturated heterocycles. The maximum Gasteiger partial charge on any atom is 0.193 e. The third kappa shape index (κ3) is 3.88. The van der Waals surface area contributed by atoms with Crippen molar-refractivity contribution < 1.29 is 0 Å². The molecule has 17 heavy (non-hydrogen) atoms. The van der Waals surface area contributed by atoms with E-state index in [1.165, 1.54) is 0 Å². The summed E-state index contributed by atoms with van der Waals surface area (Å²) in [4.78, 5) is 8.43. The number of nitrogens with zero attached hydrogens (tertiary/aromatic N) is 2. The van der Waals surface area contributed by atoms with Crippen molar-refractivity contribution in [3.8, 4) is 0 Å². The van der Waals surface area contributed by atoms with Crippen molar-refractivity contribution in [3.05, 3.63) is 46.9 Å². The highest BCUT2D eigenvalue weighted by molar-refractivity contribution is 7.09. The molecule has 0 radical (unpaired) electrons. The number of benzene rings is 1. The minimum atomic E-state index is 0.438. The van der Waals surface area contributed by atoms with Gasteiger partial charge in [0.25, 0.3) is 0 Å². The molecule has 0 amide bonds. The van der Waals surface area contributed by atoms with Crippen LogP contribution in [0.2, 0.25) is 0 Å². The summed E-state index contributed by atoms with van der Waals surface area (Å²) in [5.74, 6) is 0.438. The molecular formula is C12H14N4S. The van der Waals surface area contributed by atoms with Gasteiger partial charge in [-0.25, -0.2) is 4.98 Å². The second-order valence-electron chi connectivity index (χ2n) is 3.43. The largest absolute Gasteiger partial charge is 0.370 e. The number of hydrogen-bond donors (Lipinski definition) is 2. The number of guanidine groups is 1. The topological polar surface area (TPSA) is 63.3 Å². The Morgan fingerprint density at radius 1 is 1.35 bits per heavy atom. The molecule has 2 aromatic rings. The maximum absolute atomic E-state index is 5.77. The first-order chi connectivity index (χ1) is 8.34. The summed E-state index contributed by atoms with van der Waals surface area (Å²) in [5.41, 5.74) is 6.71. The van der Waals surface area contributed by atoms with Crippen LogP contribution in [0.5, 0.6) is 0 Å². The van der Waals surface area contributed by atoms with E-state index in [2.05, 4.69) is 15.3 Å². The summed E-state index contributed by atoms with van der Waals surface area (Å²) < 4.78 is 0. The number of nitrogens with one attached hydrogen (secondary N) is 1. The van der Waals surface area contributed by atoms with Gasteiger partial charge in [-0.3, -0.25) is 4.99 Å². The molecule has 1 heterocycles. The van der Waals surface area contributed by atoms with Crippen molar-refractivity contribution in [2.24, 2.45) is 10.7 Å². The molecule has 0 unspecified atom stereocenters. The van der Waals surface area contributed by atoms with E-state index in [0.717, 1.165) is 17.1 Å². The summed E-state index contributed by atoms with van der Waals surface area (Å²) in [6.45, 7) is 0.652. The normalized spacial score (nSPS) is 11.4. The lowest BCUT2D eigenvalue weighted by Crippen LogP contribution is -2.22. The van der Waals surface area contributed by atoms with Crippen LogP contribution >= 0.6 is 11.3 Å². The van der Waals surface area contributed by atoms with Crippen molar-refractivity contribution >= 4 is 23.0 Å². The molecule has 1 aromatic heterocycles. The monoisotopic (exact) mass is 246 g/mol. The molecule has 0 atom stereocenters. The summed E-state index contributed by atoms with van der Waals surface area (Å²) in [6, 6.07) is 9.75. The van der Waals surface area contributed by atoms with Crippen LogP contribution in [0, 0.1) is 0 Å². The highest BCUT2D eigenvalue weighted by Crippen LogP contribution is 2.05. The zero-order chi connectivity index (χ0) is 11.9. The third-order valence-corrected chi connectivity index (χ3v) is 2.98. The summed E-state index contributed by atoms with van der Waals surface area (Å²) >= 11 is 1.64. The Morgan fingerprint density at radius 3 is 2.88 bits per heavy atom. The highest BCUT2D eigenvalue weighted by Gasteiger charge is 1.96. The predicted octanol–water partition coefficient (Wildman–Crippen LogP) is 2.11. The van der Waals surface area contributed by atoms with E-state index in [9.17, 15) is 0 Å². The quantitative estimate of drug-likeness (QED) is 0.641. The third-order valence-electron chi connectivity index (χ3n) is 2.14. The molecule has 0 bridgehead atoms. The van der Waals surface area contributed by atoms with Crippen molar-refractivity contribution in [1.29, 1.82) is 0 Å². The smallest absolute Gasteiger partial charge is 0.193 e. The van der Waals surface area contributed by atoms with Crippen LogP contribution < -0.4 is 11.1 Å². The number of para-hydroxylation sites is 1. The standard InChI is InChI=1S/C12H14N4S/c13-12(16-10-4-2-1-3-5-10)15-7-6-11-14-8-9-17-11/h1-5,8-9H,6-7H2,(H3,13,15,16). The zero-order valence-corrected chi connectivity index (χ0v) is 10.2. The van der Waals surface area contributed by atoms with E-state index in [-0.39, 0.29) is 0 Å². The van der Waals surface area contributed by atoms with E-state index >= 15 is 0 Å². The molecule has 0 aliphatic rings. The average Bonchev–Trinajstić information content (AvgIpc) is 2.83. The Hall–Kier alpha value is -1.88. The van der Waals surface area contributed by atoms with Gasteiger partial charge in [-0.15, -0.1) is 11.3 Å². The average molecular weight is 246 g/mol. The van der Waals surface area contributed by atoms with Crippen LogP contribution in [-0.2, 0) is 6.42 Å². The molecule has 1 aromatic carbocycles. The number of aromatic nitrogens is 1. The fourth-order valence-electron chi connectivity index (χ4n) is 1.36. The minimum Gasteiger partial charge on any atom is -0.370 e. The predicted molar refractivity (Wildman–Crippen MR) is 72.4 cm³/mol. The summed E-state index contributed by atoms with van der Waals surface area (Å²) in [7, 11) is 0. The Bertz CT molecular complexity index is 465. The first-order valence-electron chi connectivity index (χ1n) is 5.35. The van der Waals surface area contributed by atoms with Crippen molar-refractivity contribution in [1.82, 2.24) is 4.98 Å². The van der Waals surface area contributed by atoms with E-state index in [1.54, 1.807) is 17.5 Å². The van der Waals surface area contributed by atoms with Crippen LogP contribution in [0.15, 0.2) is 46.9 Å². The summed E-state index contributed by atoms with van der Waals surface area (Å²) in [5, 5.41) is 6.08. The van der Waals surface area contributed by atoms with Crippen molar-refractivity contribution in [2.75, 3.05) is 11.9 Å². The van der Waals surface area contributed by atoms with E-state index in [4.69, 9.17) is 5.73 Å². The van der Waals surface area contributed by atoms with Gasteiger partial charge in [0.05, 0.1) is 5.01 Å². The molecule has 0 spiro atoms. The Morgan fingerprint density at radius 2 is 2.18 bits per heavy atom. The van der Waals surface area contributed by atoms with Gasteiger partial charge < -0.3 is 11.1 Å². The van der Waals surface area contributed by atoms with Gasteiger partial charge in [-0.05, 0) is 12.1 Å². The van der Waals surface area contributed by atoms with Gasteiger partial charge in [0.2, 0.25) is 0 Å². The number of aliphatic imine (C=N–C) groups is 1. The Kier molecular flexibility index (Phi) is 4.10. The number of anilines is 1. The lowest BCUT2D eigenvalue weighted by molar-refractivity contribution is 0.949. The van der Waals surface area contributed by atoms with Crippen LogP contribution in [0.4, 0.5) is 5.69 Å². The van der Waals surface area contributed by atoms with Gasteiger partial charge >= 0.3 is 0 Å². The number of rotatable bonds is 4. The van der Waals surface area contributed by atoms with E-state index < -0.39 is 0 Å². The first kappa shape index (κ1) is 11.6. The molecule has 2 rings (SSSR count). The molecule has 3 N–H and O–H groups in total. The summed E-state index contributed by atoms with van der Waals surface area (Å²) in [6.07, 6.45) is 2.63. The molecule has 5 heteroatoms. The van der Waals surface area contributed by atoms with Gasteiger partial charge in [0, 0.05) is 30.2 Å². The fourth-order valence-corrected chi connectivity index (χ4v) is 1.97. The molecule has 0 saturated carbocycles. The molecular weight excluding hydrogens is 232 g/mol. The van der Waals surface area contributed by atoms with Crippen LogP contribution in [0.3, 0.4) is 0 Å². The molecule has 0 fully saturated rings. The zero-order valence-electron chi connectivity index (χ0n) is 9.34. The first-order valence-corrected chi connectivity index (χ1v) is 6.23. The van der Waals surface area contributed by atoms with E-state index in [1.807, 2.05) is 35.7 Å². The van der Waals surface area contributed by atoms with Gasteiger partial charge in [-0.2, -0.15) is 0 Å². The second kappa shape index (κ2) is 6.00. The number of hydrogen-bond acceptors (Lipinski definition) is 3. The molecule has 4 nitrogen and oxygen atoms in total. The van der Waals surface area contributed by atoms with Crippen LogP contribution in [-0.4, -0.2) is 17.5 Å². The van der Waals surface area contributed by atoms with Crippen LogP contribution in [0.1, 0.15) is 5.01 Å². The van der Waals surface area contributed by atoms with Gasteiger partial charge in [0.1, 0.15) is 0 Å². The SMILES string of the molecule is NC(=NCCc1nccs1)Nc1ccccc1. The highest BCUT2D eigenvalue weighted by atomic mass is 32.1. The number of nitrogens with two attached hydrogens (primary N) is 1. The van der Waals surface area contributed by atoms with E-state index in [0.29, 0.717) is 12.5 Å². The Balaban J connectivity index is 1.81. The number of thiazole rings is 1. The lowest BCUT2D eigenvalue weighted by atomic mass is 10.3. The van der Waals surface area contributed by atoms with Crippen molar-refractivity contribution in [3.63, 3.8) is 0 Å². The Labute approximate surface area is 104 Å². The lowest BCUT2D eigenvalue weighted by Gasteiger charge is -2.04. The van der Waals surface area contributed by atoms with Gasteiger partial charge in [0.15, 0.2) is 5.96 Å². The second-order valence-corrected chi connectivity index (χ2v) is 4.41. The van der Waals surface area contributed by atoms with Crippen molar-refractivity contribution in [2.45, 2.75) is 6.42 Å². The molecule has 88 valence electrons. The van der Waals surface area contributed by atoms with Crippen LogP contribution in [0.25, 0.3) is 0 Å².